The van der Waals surface area contributed by atoms with E-state index in [1.54, 1.807) is 74.5 Å². The van der Waals surface area contributed by atoms with Crippen LogP contribution in [-0.2, 0) is 37.4 Å². The van der Waals surface area contributed by atoms with Gasteiger partial charge in [-0.1, -0.05) is 47.5 Å². The lowest BCUT2D eigenvalue weighted by Gasteiger charge is -2.21. The molecule has 0 bridgehead atoms. The van der Waals surface area contributed by atoms with Crippen LogP contribution in [0.4, 0.5) is 5.69 Å². The standard InChI is InChI=1S/C37H38N2O7S/c1-6-44-30-16-14-29(15-17-30)39-27(5)35(37(41)45-7-2)34(36(39)40)22-31-18-19-32(46-31)24-38(23-28-12-8-25(3)9-13-28)47(42,43)33-20-10-26(4)11-21-33/h8-22H,6-7,23-24H2,1-5H3/b34-22+. The highest BCUT2D eigenvalue weighted by molar-refractivity contribution is 7.89. The summed E-state index contributed by atoms with van der Waals surface area (Å²) in [6.07, 6.45) is 1.49. The van der Waals surface area contributed by atoms with Crippen molar-refractivity contribution in [1.82, 2.24) is 4.31 Å². The van der Waals surface area contributed by atoms with E-state index in [-0.39, 0.29) is 41.5 Å². The van der Waals surface area contributed by atoms with Gasteiger partial charge in [0.1, 0.15) is 17.3 Å². The van der Waals surface area contributed by atoms with Crippen LogP contribution in [0.25, 0.3) is 6.08 Å². The van der Waals surface area contributed by atoms with Crippen LogP contribution in [0.1, 0.15) is 49.0 Å². The van der Waals surface area contributed by atoms with Crippen LogP contribution in [0.2, 0.25) is 0 Å². The van der Waals surface area contributed by atoms with Crippen molar-refractivity contribution in [2.24, 2.45) is 0 Å². The molecule has 1 aliphatic heterocycles. The third kappa shape index (κ3) is 7.40. The maximum atomic E-state index is 13.8. The number of aryl methyl sites for hydroxylation is 2. The molecule has 2 heterocycles. The van der Waals surface area contributed by atoms with Crippen molar-refractivity contribution < 1.29 is 31.9 Å². The van der Waals surface area contributed by atoms with E-state index in [4.69, 9.17) is 13.9 Å². The summed E-state index contributed by atoms with van der Waals surface area (Å²) in [5.74, 6) is 0.269. The Labute approximate surface area is 275 Å². The van der Waals surface area contributed by atoms with Gasteiger partial charge in [-0.3, -0.25) is 9.69 Å². The molecular weight excluding hydrogens is 616 g/mol. The van der Waals surface area contributed by atoms with E-state index in [9.17, 15) is 18.0 Å². The zero-order valence-corrected chi connectivity index (χ0v) is 28.0. The molecule has 10 heteroatoms. The van der Waals surface area contributed by atoms with Crippen LogP contribution < -0.4 is 9.64 Å². The maximum Gasteiger partial charge on any atom is 0.340 e. The summed E-state index contributed by atoms with van der Waals surface area (Å²) < 4.78 is 46.0. The molecule has 0 unspecified atom stereocenters. The fourth-order valence-electron chi connectivity index (χ4n) is 5.31. The van der Waals surface area contributed by atoms with Crippen molar-refractivity contribution in [3.63, 3.8) is 0 Å². The first-order valence-electron chi connectivity index (χ1n) is 15.4. The molecule has 0 spiro atoms. The van der Waals surface area contributed by atoms with Crippen LogP contribution in [0.3, 0.4) is 0 Å². The zero-order valence-electron chi connectivity index (χ0n) is 27.1. The van der Waals surface area contributed by atoms with Crippen LogP contribution in [0.15, 0.2) is 111 Å². The van der Waals surface area contributed by atoms with E-state index in [0.29, 0.717) is 29.5 Å². The predicted octanol–water partition coefficient (Wildman–Crippen LogP) is 6.95. The first kappa shape index (κ1) is 33.4. The van der Waals surface area contributed by atoms with Crippen molar-refractivity contribution in [2.45, 2.75) is 52.6 Å². The quantitative estimate of drug-likeness (QED) is 0.120. The summed E-state index contributed by atoms with van der Waals surface area (Å²) in [4.78, 5) is 28.6. The highest BCUT2D eigenvalue weighted by Gasteiger charge is 2.38. The van der Waals surface area contributed by atoms with E-state index in [2.05, 4.69) is 0 Å². The fraction of sp³-hybridized carbons (Fsp3) is 0.243. The summed E-state index contributed by atoms with van der Waals surface area (Å²) in [5, 5.41) is 0. The van der Waals surface area contributed by atoms with E-state index in [0.717, 1.165) is 16.7 Å². The van der Waals surface area contributed by atoms with Crippen LogP contribution in [0.5, 0.6) is 5.75 Å². The maximum absolute atomic E-state index is 13.8. The Balaban J connectivity index is 1.47. The van der Waals surface area contributed by atoms with Gasteiger partial charge in [-0.15, -0.1) is 0 Å². The number of hydrogen-bond donors (Lipinski definition) is 0. The SMILES string of the molecule is CCOC(=O)C1=C(C)N(c2ccc(OCC)cc2)C(=O)/C1=C/c1ccc(CN(Cc2ccc(C)cc2)S(=O)(=O)c2ccc(C)cc2)o1. The van der Waals surface area contributed by atoms with Crippen molar-refractivity contribution >= 4 is 33.7 Å². The summed E-state index contributed by atoms with van der Waals surface area (Å²) in [7, 11) is -3.91. The van der Waals surface area contributed by atoms with Crippen LogP contribution >= 0.6 is 0 Å². The molecule has 1 amide bonds. The highest BCUT2D eigenvalue weighted by Crippen LogP contribution is 2.36. The molecule has 0 saturated heterocycles. The number of anilines is 1. The molecular formula is C37H38N2O7S. The number of hydrogen-bond acceptors (Lipinski definition) is 7. The van der Waals surface area contributed by atoms with Crippen molar-refractivity contribution in [3.8, 4) is 5.75 Å². The summed E-state index contributed by atoms with van der Waals surface area (Å²) in [5.41, 5.74) is 4.07. The number of benzene rings is 3. The van der Waals surface area contributed by atoms with Gasteiger partial charge in [0, 0.05) is 17.9 Å². The van der Waals surface area contributed by atoms with Gasteiger partial charge in [0.15, 0.2) is 0 Å². The fourth-order valence-corrected chi connectivity index (χ4v) is 6.70. The molecule has 5 rings (SSSR count). The monoisotopic (exact) mass is 654 g/mol. The minimum atomic E-state index is -3.91. The second-order valence-electron chi connectivity index (χ2n) is 11.2. The summed E-state index contributed by atoms with van der Waals surface area (Å²) >= 11 is 0. The average molecular weight is 655 g/mol. The van der Waals surface area contributed by atoms with Gasteiger partial charge >= 0.3 is 5.97 Å². The molecule has 47 heavy (non-hydrogen) atoms. The molecule has 244 valence electrons. The smallest absolute Gasteiger partial charge is 0.340 e. The minimum Gasteiger partial charge on any atom is -0.494 e. The molecule has 0 fully saturated rings. The lowest BCUT2D eigenvalue weighted by molar-refractivity contribution is -0.138. The van der Waals surface area contributed by atoms with Crippen molar-refractivity contribution in [1.29, 1.82) is 0 Å². The average Bonchev–Trinajstić information content (AvgIpc) is 3.59. The number of furan rings is 1. The van der Waals surface area contributed by atoms with Gasteiger partial charge in [0.2, 0.25) is 10.0 Å². The Morgan fingerprint density at radius 3 is 2.09 bits per heavy atom. The molecule has 0 radical (unpaired) electrons. The largest absolute Gasteiger partial charge is 0.494 e. The van der Waals surface area contributed by atoms with E-state index >= 15 is 0 Å². The number of ether oxygens (including phenoxy) is 2. The summed E-state index contributed by atoms with van der Waals surface area (Å²) in [6, 6.07) is 24.7. The lowest BCUT2D eigenvalue weighted by atomic mass is 10.1. The molecule has 0 N–H and O–H groups in total. The number of rotatable bonds is 12. The molecule has 0 aliphatic carbocycles. The van der Waals surface area contributed by atoms with Crippen molar-refractivity contribution in [3.05, 3.63) is 130 Å². The molecule has 0 atom stereocenters. The topological polar surface area (TPSA) is 106 Å². The number of nitrogens with zero attached hydrogens (tertiary/aromatic N) is 2. The Kier molecular flexibility index (Phi) is 10.1. The number of esters is 1. The predicted molar refractivity (Wildman–Crippen MR) is 180 cm³/mol. The summed E-state index contributed by atoms with van der Waals surface area (Å²) in [6.45, 7) is 9.86. The molecule has 1 aliphatic rings. The third-order valence-electron chi connectivity index (χ3n) is 7.73. The minimum absolute atomic E-state index is 0.0564. The van der Waals surface area contributed by atoms with Gasteiger partial charge in [-0.25, -0.2) is 13.2 Å². The first-order chi connectivity index (χ1) is 22.5. The highest BCUT2D eigenvalue weighted by atomic mass is 32.2. The molecule has 1 aromatic heterocycles. The van der Waals surface area contributed by atoms with Gasteiger partial charge in [0.25, 0.3) is 5.91 Å². The number of allylic oxidation sites excluding steroid dienone is 1. The van der Waals surface area contributed by atoms with Crippen molar-refractivity contribution in [2.75, 3.05) is 18.1 Å². The normalized spacial score (nSPS) is 14.4. The zero-order chi connectivity index (χ0) is 33.7. The first-order valence-corrected chi connectivity index (χ1v) is 16.8. The number of carbonyl (C=O) groups is 2. The Bertz CT molecular complexity index is 1920. The van der Waals surface area contributed by atoms with Crippen LogP contribution in [-0.4, -0.2) is 37.8 Å². The van der Waals surface area contributed by atoms with Gasteiger partial charge in [-0.2, -0.15) is 4.31 Å². The Hall–Kier alpha value is -4.93. The second-order valence-corrected chi connectivity index (χ2v) is 13.1. The molecule has 0 saturated carbocycles. The number of sulfonamides is 1. The van der Waals surface area contributed by atoms with Gasteiger partial charge < -0.3 is 13.9 Å². The molecule has 4 aromatic rings. The van der Waals surface area contributed by atoms with Crippen LogP contribution in [0, 0.1) is 13.8 Å². The lowest BCUT2D eigenvalue weighted by Crippen LogP contribution is -2.30. The van der Waals surface area contributed by atoms with Gasteiger partial charge in [0.05, 0.1) is 35.8 Å². The van der Waals surface area contributed by atoms with E-state index < -0.39 is 21.9 Å². The third-order valence-corrected chi connectivity index (χ3v) is 9.53. The Morgan fingerprint density at radius 1 is 0.830 bits per heavy atom. The molecule has 9 nitrogen and oxygen atoms in total. The van der Waals surface area contributed by atoms with Gasteiger partial charge in [-0.05, 0) is 94.8 Å². The number of carbonyl (C=O) groups excluding carboxylic acids is 2. The van der Waals surface area contributed by atoms with E-state index in [1.165, 1.54) is 15.3 Å². The molecule has 3 aromatic carbocycles. The second kappa shape index (κ2) is 14.2. The van der Waals surface area contributed by atoms with E-state index in [1.807, 2.05) is 45.0 Å². The Morgan fingerprint density at radius 2 is 1.47 bits per heavy atom. The number of amides is 1.